The van der Waals surface area contributed by atoms with Gasteiger partial charge in [0.05, 0.1) is 0 Å². The van der Waals surface area contributed by atoms with Crippen molar-refractivity contribution in [1.29, 1.82) is 0 Å². The van der Waals surface area contributed by atoms with Gasteiger partial charge in [0.2, 0.25) is 11.8 Å². The van der Waals surface area contributed by atoms with Gasteiger partial charge in [-0.3, -0.25) is 14.4 Å². The van der Waals surface area contributed by atoms with Crippen LogP contribution in [-0.4, -0.2) is 75.5 Å². The van der Waals surface area contributed by atoms with E-state index in [4.69, 9.17) is 5.73 Å². The van der Waals surface area contributed by atoms with Gasteiger partial charge in [0.25, 0.3) is 5.91 Å². The molecule has 0 aromatic heterocycles. The number of benzene rings is 1. The van der Waals surface area contributed by atoms with Crippen molar-refractivity contribution in [2.75, 3.05) is 6.54 Å². The third-order valence-electron chi connectivity index (χ3n) is 7.60. The second-order valence-corrected chi connectivity index (χ2v) is 10.3. The van der Waals surface area contributed by atoms with E-state index in [2.05, 4.69) is 10.6 Å². The second-order valence-electron chi connectivity index (χ2n) is 10.3. The van der Waals surface area contributed by atoms with E-state index in [1.54, 1.807) is 0 Å². The maximum atomic E-state index is 13.2. The fourth-order valence-electron chi connectivity index (χ4n) is 5.57. The monoisotopic (exact) mass is 548 g/mol. The van der Waals surface area contributed by atoms with Gasteiger partial charge in [0.1, 0.15) is 23.9 Å². The van der Waals surface area contributed by atoms with Crippen LogP contribution in [0.5, 0.6) is 0 Å². The summed E-state index contributed by atoms with van der Waals surface area (Å²) < 4.78 is 13.2. The molecule has 11 nitrogen and oxygen atoms in total. The van der Waals surface area contributed by atoms with Gasteiger partial charge in [-0.05, 0) is 81.7 Å². The first-order valence-electron chi connectivity index (χ1n) is 13.5. The average molecular weight is 549 g/mol. The van der Waals surface area contributed by atoms with Gasteiger partial charge < -0.3 is 31.5 Å². The minimum absolute atomic E-state index is 0.123. The molecular formula is C27H37FN4O7. The molecule has 39 heavy (non-hydrogen) atoms. The van der Waals surface area contributed by atoms with Gasteiger partial charge >= 0.3 is 11.9 Å². The summed E-state index contributed by atoms with van der Waals surface area (Å²) in [4.78, 5) is 64.0. The van der Waals surface area contributed by atoms with Gasteiger partial charge in [0, 0.05) is 18.0 Å². The number of unbranched alkanes of at least 4 members (excludes halogenated alkanes) is 1. The fourth-order valence-corrected chi connectivity index (χ4v) is 5.57. The number of likely N-dealkylation sites (tertiary alicyclic amines) is 1. The van der Waals surface area contributed by atoms with Crippen LogP contribution < -0.4 is 16.4 Å². The molecule has 1 aromatic carbocycles. The molecule has 0 bridgehead atoms. The largest absolute Gasteiger partial charge is 0.480 e. The zero-order valence-corrected chi connectivity index (χ0v) is 21.8. The van der Waals surface area contributed by atoms with Gasteiger partial charge in [0.15, 0.2) is 0 Å². The molecule has 3 rings (SSSR count). The Bertz CT molecular complexity index is 1050. The standard InChI is InChI=1S/C27H37FN4O7/c28-18-10-8-16(9-11-18)24(34)30-19(6-3-4-14-29)25(35)31-20(26(36)37)12-13-23(33)32-21-7-2-1-5-17(21)15-22(32)27(38)39/h8-11,17,19-22H,1-7,12-15,29H2,(H,30,34)(H,31,35)(H,36,37)(H,38,39)/t17-,19-,20+,21-,22-/m0/s1. The summed E-state index contributed by atoms with van der Waals surface area (Å²) in [5.41, 5.74) is 5.67. The lowest BCUT2D eigenvalue weighted by Crippen LogP contribution is -2.52. The first-order valence-corrected chi connectivity index (χ1v) is 13.5. The van der Waals surface area contributed by atoms with E-state index in [0.29, 0.717) is 25.8 Å². The minimum atomic E-state index is -1.42. The Morgan fingerprint density at radius 2 is 1.67 bits per heavy atom. The highest BCUT2D eigenvalue weighted by Gasteiger charge is 2.47. The van der Waals surface area contributed by atoms with E-state index in [-0.39, 0.29) is 36.8 Å². The number of nitrogens with zero attached hydrogens (tertiary/aromatic N) is 1. The van der Waals surface area contributed by atoms with Crippen LogP contribution in [-0.2, 0) is 19.2 Å². The van der Waals surface area contributed by atoms with Crippen LogP contribution in [0.25, 0.3) is 0 Å². The maximum absolute atomic E-state index is 13.2. The molecule has 12 heteroatoms. The number of carbonyl (C=O) groups is 5. The molecule has 5 atom stereocenters. The van der Waals surface area contributed by atoms with Crippen LogP contribution in [0, 0.1) is 11.7 Å². The minimum Gasteiger partial charge on any atom is -0.480 e. The van der Waals surface area contributed by atoms with Crippen molar-refractivity contribution in [1.82, 2.24) is 15.5 Å². The SMILES string of the molecule is NCCCC[C@H](NC(=O)c1ccc(F)cc1)C(=O)N[C@H](CCC(=O)N1[C@H](C(=O)O)C[C@@H]2CCCC[C@@H]21)C(=O)O. The van der Waals surface area contributed by atoms with E-state index in [9.17, 15) is 38.6 Å². The van der Waals surface area contributed by atoms with Crippen LogP contribution in [0.4, 0.5) is 4.39 Å². The Balaban J connectivity index is 1.65. The Hall–Kier alpha value is -3.54. The summed E-state index contributed by atoms with van der Waals surface area (Å²) in [5, 5.41) is 24.4. The molecule has 1 heterocycles. The first-order chi connectivity index (χ1) is 18.6. The quantitative estimate of drug-likeness (QED) is 0.231. The van der Waals surface area contributed by atoms with E-state index >= 15 is 0 Å². The molecule has 1 aliphatic carbocycles. The molecule has 0 unspecified atom stereocenters. The molecule has 1 aromatic rings. The number of aliphatic carboxylic acids is 2. The Kier molecular flexibility index (Phi) is 10.8. The molecule has 1 aliphatic heterocycles. The van der Waals surface area contributed by atoms with Crippen molar-refractivity contribution >= 4 is 29.7 Å². The molecule has 0 spiro atoms. The molecular weight excluding hydrogens is 511 g/mol. The molecule has 2 fully saturated rings. The number of carboxylic acid groups (broad SMARTS) is 2. The maximum Gasteiger partial charge on any atom is 0.326 e. The smallest absolute Gasteiger partial charge is 0.326 e. The highest BCUT2D eigenvalue weighted by atomic mass is 19.1. The highest BCUT2D eigenvalue weighted by Crippen LogP contribution is 2.40. The molecule has 1 saturated heterocycles. The van der Waals surface area contributed by atoms with Crippen LogP contribution in [0.2, 0.25) is 0 Å². The van der Waals surface area contributed by atoms with Crippen molar-refractivity contribution in [2.24, 2.45) is 11.7 Å². The lowest BCUT2D eigenvalue weighted by molar-refractivity contribution is -0.150. The molecule has 0 radical (unpaired) electrons. The predicted octanol–water partition coefficient (Wildman–Crippen LogP) is 1.65. The van der Waals surface area contributed by atoms with Crippen LogP contribution in [0.3, 0.4) is 0 Å². The van der Waals surface area contributed by atoms with Crippen molar-refractivity contribution in [3.8, 4) is 0 Å². The molecule has 214 valence electrons. The van der Waals surface area contributed by atoms with Crippen LogP contribution >= 0.6 is 0 Å². The van der Waals surface area contributed by atoms with Crippen LogP contribution in [0.15, 0.2) is 24.3 Å². The Labute approximate surface area is 226 Å². The number of nitrogens with two attached hydrogens (primary N) is 1. The number of amides is 3. The van der Waals surface area contributed by atoms with Gasteiger partial charge in [-0.2, -0.15) is 0 Å². The van der Waals surface area contributed by atoms with E-state index < -0.39 is 53.6 Å². The summed E-state index contributed by atoms with van der Waals surface area (Å²) in [5.74, 6) is -4.63. The Morgan fingerprint density at radius 1 is 0.974 bits per heavy atom. The summed E-state index contributed by atoms with van der Waals surface area (Å²) in [6, 6.07) is 1.16. The van der Waals surface area contributed by atoms with Crippen molar-refractivity contribution in [3.63, 3.8) is 0 Å². The zero-order chi connectivity index (χ0) is 28.5. The Morgan fingerprint density at radius 3 is 2.31 bits per heavy atom. The number of hydrogen-bond acceptors (Lipinski definition) is 6. The lowest BCUT2D eigenvalue weighted by Gasteiger charge is -2.33. The van der Waals surface area contributed by atoms with E-state index in [1.165, 1.54) is 17.0 Å². The molecule has 1 saturated carbocycles. The number of carbonyl (C=O) groups excluding carboxylic acids is 3. The summed E-state index contributed by atoms with van der Waals surface area (Å²) in [7, 11) is 0. The van der Waals surface area contributed by atoms with Gasteiger partial charge in [-0.1, -0.05) is 12.8 Å². The summed E-state index contributed by atoms with van der Waals surface area (Å²) >= 11 is 0. The fraction of sp³-hybridized carbons (Fsp3) is 0.593. The molecule has 3 amide bonds. The topological polar surface area (TPSA) is 179 Å². The van der Waals surface area contributed by atoms with Crippen molar-refractivity contribution in [3.05, 3.63) is 35.6 Å². The lowest BCUT2D eigenvalue weighted by atomic mass is 9.84. The number of nitrogens with one attached hydrogen (secondary N) is 2. The van der Waals surface area contributed by atoms with E-state index in [0.717, 1.165) is 37.8 Å². The number of rotatable bonds is 13. The van der Waals surface area contributed by atoms with Crippen molar-refractivity contribution < 1.29 is 38.6 Å². The average Bonchev–Trinajstić information content (AvgIpc) is 3.30. The second kappa shape index (κ2) is 14.0. The van der Waals surface area contributed by atoms with E-state index in [1.807, 2.05) is 0 Å². The van der Waals surface area contributed by atoms with Gasteiger partial charge in [-0.15, -0.1) is 0 Å². The zero-order valence-electron chi connectivity index (χ0n) is 21.8. The predicted molar refractivity (Wildman–Crippen MR) is 138 cm³/mol. The summed E-state index contributed by atoms with van der Waals surface area (Å²) in [6.07, 6.45) is 4.65. The third kappa shape index (κ3) is 7.98. The first kappa shape index (κ1) is 30.0. The highest BCUT2D eigenvalue weighted by molar-refractivity contribution is 5.98. The molecule has 6 N–H and O–H groups in total. The number of halogens is 1. The third-order valence-corrected chi connectivity index (χ3v) is 7.60. The molecule has 2 aliphatic rings. The van der Waals surface area contributed by atoms with Crippen molar-refractivity contribution in [2.45, 2.75) is 88.4 Å². The number of hydrogen-bond donors (Lipinski definition) is 5. The normalized spacial score (nSPS) is 21.9. The number of fused-ring (bicyclic) bond motifs is 1. The van der Waals surface area contributed by atoms with Crippen LogP contribution in [0.1, 0.15) is 74.6 Å². The number of carboxylic acids is 2. The summed E-state index contributed by atoms with van der Waals surface area (Å²) in [6.45, 7) is 0.371. The van der Waals surface area contributed by atoms with Gasteiger partial charge in [-0.25, -0.2) is 14.0 Å².